The Labute approximate surface area is 213 Å². The first-order chi connectivity index (χ1) is 16.6. The van der Waals surface area contributed by atoms with Gasteiger partial charge in [0.2, 0.25) is 0 Å². The van der Waals surface area contributed by atoms with Crippen LogP contribution in [0, 0.1) is 0 Å². The molecule has 0 aromatic rings. The molecule has 0 aliphatic rings. The van der Waals surface area contributed by atoms with E-state index in [2.05, 4.69) is 6.92 Å². The van der Waals surface area contributed by atoms with Gasteiger partial charge in [-0.1, -0.05) is 71.6 Å². The Hall–Kier alpha value is -1.67. The lowest BCUT2D eigenvalue weighted by molar-refractivity contribution is -0.887. The van der Waals surface area contributed by atoms with Gasteiger partial charge in [0.15, 0.2) is 12.1 Å². The van der Waals surface area contributed by atoms with Gasteiger partial charge in [-0.25, -0.2) is 4.79 Å². The lowest BCUT2D eigenvalue weighted by Crippen LogP contribution is -2.50. The van der Waals surface area contributed by atoms with Crippen molar-refractivity contribution in [1.82, 2.24) is 0 Å². The summed E-state index contributed by atoms with van der Waals surface area (Å²) in [7, 11) is 5.47. The second kappa shape index (κ2) is 20.5. The minimum Gasteiger partial charge on any atom is -0.477 e. The summed E-state index contributed by atoms with van der Waals surface area (Å²) in [6.07, 6.45) is 12.5. The maximum Gasteiger partial charge on any atom is 0.362 e. The highest BCUT2D eigenvalue weighted by Gasteiger charge is 2.31. The lowest BCUT2D eigenvalue weighted by atomic mass is 10.1. The molecule has 0 radical (unpaired) electrons. The average molecular weight is 503 g/mol. The highest BCUT2D eigenvalue weighted by atomic mass is 16.6. The van der Waals surface area contributed by atoms with Gasteiger partial charge in [0.05, 0.1) is 34.4 Å². The molecule has 206 valence electrons. The normalized spacial score (nSPS) is 13.3. The van der Waals surface area contributed by atoms with Crippen LogP contribution in [0.4, 0.5) is 0 Å². The van der Waals surface area contributed by atoms with Crippen LogP contribution in [0.5, 0.6) is 0 Å². The highest BCUT2D eigenvalue weighted by Crippen LogP contribution is 2.12. The smallest absolute Gasteiger partial charge is 0.362 e. The molecule has 8 heteroatoms. The van der Waals surface area contributed by atoms with Crippen LogP contribution in [0.25, 0.3) is 0 Å². The van der Waals surface area contributed by atoms with Crippen molar-refractivity contribution in [3.05, 3.63) is 0 Å². The van der Waals surface area contributed by atoms with E-state index < -0.39 is 18.1 Å². The summed E-state index contributed by atoms with van der Waals surface area (Å²) < 4.78 is 16.7. The van der Waals surface area contributed by atoms with Crippen LogP contribution in [0.3, 0.4) is 0 Å². The Morgan fingerprint density at radius 2 is 1.29 bits per heavy atom. The van der Waals surface area contributed by atoms with Crippen molar-refractivity contribution >= 4 is 17.9 Å². The molecule has 0 heterocycles. The van der Waals surface area contributed by atoms with E-state index in [4.69, 9.17) is 14.2 Å². The number of ether oxygens (including phenoxy) is 3. The number of unbranched alkanes of at least 4 members (excludes halogenated alkanes) is 9. The lowest BCUT2D eigenvalue weighted by Gasteiger charge is -2.31. The van der Waals surface area contributed by atoms with Gasteiger partial charge in [-0.2, -0.15) is 0 Å². The zero-order valence-electron chi connectivity index (χ0n) is 23.0. The van der Waals surface area contributed by atoms with Crippen molar-refractivity contribution in [2.45, 2.75) is 116 Å². The van der Waals surface area contributed by atoms with E-state index >= 15 is 0 Å². The number of hydrogen-bond donors (Lipinski definition) is 1. The van der Waals surface area contributed by atoms with Gasteiger partial charge in [0.1, 0.15) is 6.61 Å². The first-order valence-corrected chi connectivity index (χ1v) is 13.6. The van der Waals surface area contributed by atoms with Crippen LogP contribution in [0.1, 0.15) is 104 Å². The number of likely N-dealkylation sites (N-methyl/N-ethyl adjacent to an activating group) is 1. The van der Waals surface area contributed by atoms with E-state index in [1.54, 1.807) is 0 Å². The zero-order chi connectivity index (χ0) is 26.5. The molecule has 35 heavy (non-hydrogen) atoms. The van der Waals surface area contributed by atoms with E-state index in [-0.39, 0.29) is 36.2 Å². The van der Waals surface area contributed by atoms with E-state index in [1.807, 2.05) is 28.1 Å². The van der Waals surface area contributed by atoms with Crippen LogP contribution in [-0.2, 0) is 28.6 Å². The maximum absolute atomic E-state index is 12.3. The number of carboxylic acids is 1. The Bertz CT molecular complexity index is 574. The summed E-state index contributed by atoms with van der Waals surface area (Å²) in [5.74, 6) is -1.52. The molecule has 0 rings (SSSR count). The third-order valence-electron chi connectivity index (χ3n) is 6.01. The van der Waals surface area contributed by atoms with Crippen LogP contribution < -0.4 is 0 Å². The maximum atomic E-state index is 12.3. The van der Waals surface area contributed by atoms with Crippen LogP contribution in [0.2, 0.25) is 0 Å². The standard InChI is InChI=1S/C27H51NO7/c1-6-8-10-11-12-13-14-15-16-18-26(30)35-23(22-34-25(29)17-9-7-2)21-33-20-19-24(27(31)32)28(3,4)5/h23-24H,6-22H2,1-5H3/p+1. The van der Waals surface area contributed by atoms with Gasteiger partial charge in [-0.05, 0) is 12.8 Å². The molecule has 0 saturated heterocycles. The van der Waals surface area contributed by atoms with Gasteiger partial charge in [-0.15, -0.1) is 0 Å². The van der Waals surface area contributed by atoms with Crippen molar-refractivity contribution < 1.29 is 38.2 Å². The fraction of sp³-hybridized carbons (Fsp3) is 0.889. The van der Waals surface area contributed by atoms with Crippen molar-refractivity contribution in [1.29, 1.82) is 0 Å². The van der Waals surface area contributed by atoms with Gasteiger partial charge in [0.25, 0.3) is 0 Å². The topological polar surface area (TPSA) is 99.1 Å². The van der Waals surface area contributed by atoms with Crippen molar-refractivity contribution in [3.63, 3.8) is 0 Å². The molecule has 0 aliphatic heterocycles. The number of aliphatic carboxylic acids is 1. The molecule has 0 aliphatic carbocycles. The predicted octanol–water partition coefficient (Wildman–Crippen LogP) is 5.12. The molecule has 0 aromatic carbocycles. The third kappa shape index (κ3) is 19.2. The largest absolute Gasteiger partial charge is 0.477 e. The van der Waals surface area contributed by atoms with Crippen molar-refractivity contribution in [3.8, 4) is 0 Å². The minimum absolute atomic E-state index is 0.0518. The Morgan fingerprint density at radius 1 is 0.743 bits per heavy atom. The molecule has 0 amide bonds. The van der Waals surface area contributed by atoms with Crippen LogP contribution in [0.15, 0.2) is 0 Å². The summed E-state index contributed by atoms with van der Waals surface area (Å²) in [5.41, 5.74) is 0. The second-order valence-corrected chi connectivity index (χ2v) is 10.3. The molecule has 2 atom stereocenters. The first kappa shape index (κ1) is 33.3. The molecular formula is C27H52NO7+. The summed E-state index contributed by atoms with van der Waals surface area (Å²) in [6.45, 7) is 4.44. The zero-order valence-corrected chi connectivity index (χ0v) is 23.0. The molecule has 0 saturated carbocycles. The summed E-state index contributed by atoms with van der Waals surface area (Å²) >= 11 is 0. The second-order valence-electron chi connectivity index (χ2n) is 10.3. The van der Waals surface area contributed by atoms with E-state index in [0.717, 1.165) is 32.1 Å². The van der Waals surface area contributed by atoms with Crippen LogP contribution in [-0.4, -0.2) is 80.6 Å². The van der Waals surface area contributed by atoms with Crippen LogP contribution >= 0.6 is 0 Å². The average Bonchev–Trinajstić information content (AvgIpc) is 2.78. The number of carbonyl (C=O) groups excluding carboxylic acids is 2. The number of carboxylic acid groups (broad SMARTS) is 1. The minimum atomic E-state index is -0.880. The van der Waals surface area contributed by atoms with Gasteiger partial charge in [0, 0.05) is 19.3 Å². The van der Waals surface area contributed by atoms with E-state index in [9.17, 15) is 19.5 Å². The van der Waals surface area contributed by atoms with Gasteiger partial charge < -0.3 is 23.8 Å². The molecule has 0 fully saturated rings. The molecule has 1 N–H and O–H groups in total. The SMILES string of the molecule is CCCCCCCCCCCC(=O)OC(COCCC(C(=O)O)[N+](C)(C)C)COC(=O)CCCC. The molecule has 2 unspecified atom stereocenters. The first-order valence-electron chi connectivity index (χ1n) is 13.6. The summed E-state index contributed by atoms with van der Waals surface area (Å²) in [5, 5.41) is 9.44. The number of esters is 2. The molecule has 0 aromatic heterocycles. The summed E-state index contributed by atoms with van der Waals surface area (Å²) in [4.78, 5) is 35.7. The third-order valence-corrected chi connectivity index (χ3v) is 6.01. The highest BCUT2D eigenvalue weighted by molar-refractivity contribution is 5.72. The van der Waals surface area contributed by atoms with Crippen molar-refractivity contribution in [2.24, 2.45) is 0 Å². The number of rotatable bonds is 23. The molecular weight excluding hydrogens is 450 g/mol. The Balaban J connectivity index is 4.44. The summed E-state index contributed by atoms with van der Waals surface area (Å²) in [6, 6.07) is -0.602. The quantitative estimate of drug-likeness (QED) is 0.118. The molecule has 0 spiro atoms. The van der Waals surface area contributed by atoms with E-state index in [0.29, 0.717) is 19.3 Å². The number of quaternary nitrogens is 1. The number of hydrogen-bond acceptors (Lipinski definition) is 6. The van der Waals surface area contributed by atoms with E-state index in [1.165, 1.54) is 38.5 Å². The fourth-order valence-corrected chi connectivity index (χ4v) is 3.77. The predicted molar refractivity (Wildman–Crippen MR) is 137 cm³/mol. The van der Waals surface area contributed by atoms with Gasteiger partial charge in [-0.3, -0.25) is 9.59 Å². The van der Waals surface area contributed by atoms with Crippen molar-refractivity contribution in [2.75, 3.05) is 41.0 Å². The number of nitrogens with zero attached hydrogens (tertiary/aromatic N) is 1. The number of carbonyl (C=O) groups is 3. The molecule has 8 nitrogen and oxygen atoms in total. The van der Waals surface area contributed by atoms with Gasteiger partial charge >= 0.3 is 17.9 Å². The Morgan fingerprint density at radius 3 is 1.83 bits per heavy atom. The monoisotopic (exact) mass is 502 g/mol. The molecule has 0 bridgehead atoms. The Kier molecular flexibility index (Phi) is 19.5. The fourth-order valence-electron chi connectivity index (χ4n) is 3.77.